The third-order valence-electron chi connectivity index (χ3n) is 4.20. The number of ether oxygens (including phenoxy) is 1. The summed E-state index contributed by atoms with van der Waals surface area (Å²) in [4.78, 5) is 35.8. The second kappa shape index (κ2) is 6.89. The van der Waals surface area contributed by atoms with Gasteiger partial charge in [0.1, 0.15) is 0 Å². The van der Waals surface area contributed by atoms with Crippen molar-refractivity contribution in [2.45, 2.75) is 44.8 Å². The number of aliphatic carboxylic acids is 1. The maximum absolute atomic E-state index is 12.1. The largest absolute Gasteiger partial charge is 0.479 e. The van der Waals surface area contributed by atoms with Crippen LogP contribution in [0.1, 0.15) is 32.6 Å². The van der Waals surface area contributed by atoms with Gasteiger partial charge in [-0.1, -0.05) is 0 Å². The fourth-order valence-corrected chi connectivity index (χ4v) is 2.85. The number of nitrogens with zero attached hydrogens (tertiary/aromatic N) is 1. The van der Waals surface area contributed by atoms with Gasteiger partial charge in [0.15, 0.2) is 6.10 Å². The van der Waals surface area contributed by atoms with Crippen LogP contribution in [0.4, 0.5) is 0 Å². The van der Waals surface area contributed by atoms with Crippen molar-refractivity contribution in [1.29, 1.82) is 0 Å². The highest BCUT2D eigenvalue weighted by molar-refractivity contribution is 5.79. The molecular weight excluding hydrogens is 276 g/mol. The van der Waals surface area contributed by atoms with Crippen molar-refractivity contribution in [3.8, 4) is 0 Å². The molecule has 2 unspecified atom stereocenters. The highest BCUT2D eigenvalue weighted by Gasteiger charge is 2.31. The molecule has 0 aromatic heterocycles. The van der Waals surface area contributed by atoms with Crippen molar-refractivity contribution in [2.24, 2.45) is 5.92 Å². The number of hydrogen-bond donors (Lipinski definition) is 2. The van der Waals surface area contributed by atoms with Gasteiger partial charge < -0.3 is 20.1 Å². The van der Waals surface area contributed by atoms with Crippen molar-refractivity contribution in [2.75, 3.05) is 19.6 Å². The Labute approximate surface area is 123 Å². The molecule has 2 rings (SSSR count). The summed E-state index contributed by atoms with van der Waals surface area (Å²) in [5.41, 5.74) is 0. The molecule has 21 heavy (non-hydrogen) atoms. The molecule has 0 bridgehead atoms. The number of rotatable bonds is 4. The first kappa shape index (κ1) is 15.8. The minimum atomic E-state index is -0.944. The zero-order valence-electron chi connectivity index (χ0n) is 12.2. The monoisotopic (exact) mass is 298 g/mol. The summed E-state index contributed by atoms with van der Waals surface area (Å²) in [6, 6.07) is 0. The molecule has 2 aliphatic rings. The van der Waals surface area contributed by atoms with E-state index < -0.39 is 12.1 Å². The van der Waals surface area contributed by atoms with Crippen LogP contribution >= 0.6 is 0 Å². The van der Waals surface area contributed by atoms with Gasteiger partial charge in [-0.3, -0.25) is 9.59 Å². The van der Waals surface area contributed by atoms with Crippen LogP contribution in [0, 0.1) is 5.92 Å². The topological polar surface area (TPSA) is 95.9 Å². The lowest BCUT2D eigenvalue weighted by atomic mass is 9.96. The molecule has 2 fully saturated rings. The maximum Gasteiger partial charge on any atom is 0.332 e. The third-order valence-corrected chi connectivity index (χ3v) is 4.20. The SMILES string of the molecule is CC(=O)N1CCC(C(=O)NCC2CCC(C(=O)O)O2)CC1. The standard InChI is InChI=1S/C14H22N2O5/c1-9(17)16-6-4-10(5-7-16)13(18)15-8-11-2-3-12(21-11)14(19)20/h10-12H,2-8H2,1H3,(H,15,18)(H,19,20). The zero-order chi connectivity index (χ0) is 15.4. The number of likely N-dealkylation sites (tertiary alicyclic amines) is 1. The van der Waals surface area contributed by atoms with Crippen molar-refractivity contribution in [3.63, 3.8) is 0 Å². The first-order chi connectivity index (χ1) is 9.97. The minimum absolute atomic E-state index is 0.0272. The number of hydrogen-bond acceptors (Lipinski definition) is 4. The van der Waals surface area contributed by atoms with E-state index in [1.807, 2.05) is 0 Å². The van der Waals surface area contributed by atoms with Crippen LogP contribution in [0.15, 0.2) is 0 Å². The Bertz CT molecular complexity index is 418. The molecule has 0 aliphatic carbocycles. The average molecular weight is 298 g/mol. The van der Waals surface area contributed by atoms with Crippen molar-refractivity contribution < 1.29 is 24.2 Å². The van der Waals surface area contributed by atoms with Gasteiger partial charge in [0.2, 0.25) is 11.8 Å². The summed E-state index contributed by atoms with van der Waals surface area (Å²) < 4.78 is 5.34. The maximum atomic E-state index is 12.1. The van der Waals surface area contributed by atoms with Crippen LogP contribution in [0.5, 0.6) is 0 Å². The lowest BCUT2D eigenvalue weighted by Crippen LogP contribution is -2.43. The number of piperidine rings is 1. The molecule has 0 aromatic rings. The fourth-order valence-electron chi connectivity index (χ4n) is 2.85. The van der Waals surface area contributed by atoms with Crippen molar-refractivity contribution >= 4 is 17.8 Å². The Hall–Kier alpha value is -1.63. The Balaban J connectivity index is 1.69. The van der Waals surface area contributed by atoms with Gasteiger partial charge in [0.25, 0.3) is 0 Å². The lowest BCUT2D eigenvalue weighted by molar-refractivity contribution is -0.149. The predicted octanol–water partition coefficient (Wildman–Crippen LogP) is -0.00670. The van der Waals surface area contributed by atoms with Gasteiger partial charge in [0, 0.05) is 32.5 Å². The summed E-state index contributed by atoms with van der Waals surface area (Å²) in [5, 5.41) is 11.7. The van der Waals surface area contributed by atoms with Crippen LogP contribution < -0.4 is 5.32 Å². The van der Waals surface area contributed by atoms with Crippen LogP contribution in [-0.4, -0.2) is 59.6 Å². The van der Waals surface area contributed by atoms with E-state index in [4.69, 9.17) is 9.84 Å². The minimum Gasteiger partial charge on any atom is -0.479 e. The average Bonchev–Trinajstić information content (AvgIpc) is 2.94. The smallest absolute Gasteiger partial charge is 0.332 e. The lowest BCUT2D eigenvalue weighted by Gasteiger charge is -2.30. The molecule has 7 heteroatoms. The summed E-state index contributed by atoms with van der Waals surface area (Å²) in [6.45, 7) is 3.13. The van der Waals surface area contributed by atoms with Gasteiger partial charge >= 0.3 is 5.97 Å². The summed E-state index contributed by atoms with van der Waals surface area (Å²) in [6.07, 6.45) is 1.54. The highest BCUT2D eigenvalue weighted by atomic mass is 16.5. The van der Waals surface area contributed by atoms with Crippen LogP contribution in [-0.2, 0) is 19.1 Å². The molecule has 2 atom stereocenters. The van der Waals surface area contributed by atoms with E-state index in [-0.39, 0.29) is 23.8 Å². The summed E-state index contributed by atoms with van der Waals surface area (Å²) in [5.74, 6) is -0.994. The molecular formula is C14H22N2O5. The molecule has 0 spiro atoms. The third kappa shape index (κ3) is 4.17. The normalized spacial score (nSPS) is 26.6. The second-order valence-corrected chi connectivity index (χ2v) is 5.69. The van der Waals surface area contributed by atoms with Gasteiger partial charge in [0.05, 0.1) is 6.10 Å². The van der Waals surface area contributed by atoms with E-state index >= 15 is 0 Å². The zero-order valence-corrected chi connectivity index (χ0v) is 12.2. The Morgan fingerprint density at radius 1 is 1.19 bits per heavy atom. The second-order valence-electron chi connectivity index (χ2n) is 5.69. The van der Waals surface area contributed by atoms with Crippen molar-refractivity contribution in [1.82, 2.24) is 10.2 Å². The number of carbonyl (C=O) groups is 3. The van der Waals surface area contributed by atoms with E-state index in [9.17, 15) is 14.4 Å². The number of carboxylic acids is 1. The van der Waals surface area contributed by atoms with E-state index in [0.717, 1.165) is 0 Å². The first-order valence-corrected chi connectivity index (χ1v) is 7.39. The Morgan fingerprint density at radius 2 is 1.86 bits per heavy atom. The molecule has 2 heterocycles. The Morgan fingerprint density at radius 3 is 2.38 bits per heavy atom. The highest BCUT2D eigenvalue weighted by Crippen LogP contribution is 2.20. The number of carbonyl (C=O) groups excluding carboxylic acids is 2. The van der Waals surface area contributed by atoms with Crippen LogP contribution in [0.2, 0.25) is 0 Å². The van der Waals surface area contributed by atoms with Gasteiger partial charge in [-0.25, -0.2) is 4.79 Å². The van der Waals surface area contributed by atoms with Crippen molar-refractivity contribution in [3.05, 3.63) is 0 Å². The summed E-state index contributed by atoms with van der Waals surface area (Å²) in [7, 11) is 0. The van der Waals surface area contributed by atoms with Gasteiger partial charge in [-0.15, -0.1) is 0 Å². The molecule has 0 radical (unpaired) electrons. The fraction of sp³-hybridized carbons (Fsp3) is 0.786. The van der Waals surface area contributed by atoms with Crippen LogP contribution in [0.3, 0.4) is 0 Å². The molecule has 0 aromatic carbocycles. The number of carboxylic acid groups (broad SMARTS) is 1. The van der Waals surface area contributed by atoms with E-state index in [2.05, 4.69) is 5.32 Å². The molecule has 118 valence electrons. The molecule has 2 N–H and O–H groups in total. The Kier molecular flexibility index (Phi) is 5.17. The molecule has 2 amide bonds. The molecule has 0 saturated carbocycles. The van der Waals surface area contributed by atoms with Crippen LogP contribution in [0.25, 0.3) is 0 Å². The van der Waals surface area contributed by atoms with E-state index in [1.54, 1.807) is 4.90 Å². The van der Waals surface area contributed by atoms with Gasteiger partial charge in [-0.05, 0) is 25.7 Å². The summed E-state index contributed by atoms with van der Waals surface area (Å²) >= 11 is 0. The molecule has 2 aliphatic heterocycles. The van der Waals surface area contributed by atoms with Gasteiger partial charge in [-0.2, -0.15) is 0 Å². The molecule has 7 nitrogen and oxygen atoms in total. The predicted molar refractivity (Wildman–Crippen MR) is 73.5 cm³/mol. The molecule has 2 saturated heterocycles. The quantitative estimate of drug-likeness (QED) is 0.761. The number of nitrogens with one attached hydrogen (secondary N) is 1. The number of amides is 2. The van der Waals surface area contributed by atoms with E-state index in [0.29, 0.717) is 45.3 Å². The van der Waals surface area contributed by atoms with E-state index in [1.165, 1.54) is 6.92 Å². The first-order valence-electron chi connectivity index (χ1n) is 7.39.